The number of fused-ring (bicyclic) bond motifs is 2. The third-order valence-electron chi connectivity index (χ3n) is 6.98. The van der Waals surface area contributed by atoms with Crippen molar-refractivity contribution in [3.8, 4) is 0 Å². The number of rotatable bonds is 13. The van der Waals surface area contributed by atoms with E-state index in [2.05, 4.69) is 22.4 Å². The van der Waals surface area contributed by atoms with E-state index in [4.69, 9.17) is 14.2 Å². The van der Waals surface area contributed by atoms with Crippen molar-refractivity contribution >= 4 is 52.4 Å². The van der Waals surface area contributed by atoms with Crippen LogP contribution in [0, 0.1) is 0 Å². The Balaban J connectivity index is 1.14. The Morgan fingerprint density at radius 2 is 1.38 bits per heavy atom. The number of aromatic nitrogens is 2. The summed E-state index contributed by atoms with van der Waals surface area (Å²) in [6.07, 6.45) is -4.94. The molecule has 50 heavy (non-hydrogen) atoms. The number of H-pyrrole nitrogens is 1. The van der Waals surface area contributed by atoms with Gasteiger partial charge in [0.1, 0.15) is 18.3 Å². The molecule has 24 heteroatoms. The first-order valence-electron chi connectivity index (χ1n) is 14.0. The molecule has 1 aromatic heterocycles. The van der Waals surface area contributed by atoms with Crippen LogP contribution in [0.15, 0.2) is 99.5 Å². The van der Waals surface area contributed by atoms with Crippen molar-refractivity contribution in [2.45, 2.75) is 35.7 Å². The third-order valence-corrected chi connectivity index (χ3v) is 14.9. The summed E-state index contributed by atoms with van der Waals surface area (Å²) in [6, 6.07) is 20.7. The molecule has 9 atom stereocenters. The lowest BCUT2D eigenvalue weighted by Gasteiger charge is -2.36. The number of ether oxygens (including phenoxy) is 3. The van der Waals surface area contributed by atoms with Crippen molar-refractivity contribution in [2.24, 2.45) is 0 Å². The summed E-state index contributed by atoms with van der Waals surface area (Å²) >= 11 is -0.0822. The van der Waals surface area contributed by atoms with E-state index in [1.807, 2.05) is 30.3 Å². The molecule has 6 unspecified atom stereocenters. The molecule has 268 valence electrons. The quantitative estimate of drug-likeness (QED) is 0.189. The van der Waals surface area contributed by atoms with E-state index < -0.39 is 79.0 Å². The van der Waals surface area contributed by atoms with Crippen molar-refractivity contribution in [3.05, 3.63) is 111 Å². The van der Waals surface area contributed by atoms with Crippen LogP contribution in [0.5, 0.6) is 0 Å². The van der Waals surface area contributed by atoms with Gasteiger partial charge in [-0.3, -0.25) is 36.9 Å². The molecule has 6 rings (SSSR count). The van der Waals surface area contributed by atoms with Crippen LogP contribution in [0.4, 0.5) is 0 Å². The highest BCUT2D eigenvalue weighted by atomic mass is 32.7. The Kier molecular flexibility index (Phi) is 10.8. The highest BCUT2D eigenvalue weighted by molar-refractivity contribution is 8.54. The lowest BCUT2D eigenvalue weighted by molar-refractivity contribution is -0.251. The topological polar surface area (TPSA) is 280 Å². The lowest BCUT2D eigenvalue weighted by Crippen LogP contribution is -2.36. The predicted octanol–water partition coefficient (Wildman–Crippen LogP) is 1.80. The zero-order chi connectivity index (χ0) is 35.9. The second-order valence-electron chi connectivity index (χ2n) is 10.5. The van der Waals surface area contributed by atoms with Crippen LogP contribution in [0.1, 0.15) is 18.1 Å². The fourth-order valence-corrected chi connectivity index (χ4v) is 12.1. The van der Waals surface area contributed by atoms with Gasteiger partial charge in [-0.25, -0.2) is 13.4 Å². The van der Waals surface area contributed by atoms with Crippen molar-refractivity contribution < 1.29 is 69.5 Å². The Hall–Kier alpha value is -2.57. The zero-order valence-electron chi connectivity index (χ0n) is 24.8. The van der Waals surface area contributed by atoms with Gasteiger partial charge < -0.3 is 38.3 Å². The molecule has 0 bridgehead atoms. The minimum atomic E-state index is -6.43. The van der Waals surface area contributed by atoms with Crippen molar-refractivity contribution in [1.82, 2.24) is 9.55 Å². The fraction of sp³-hybridized carbons (Fsp3) is 0.231. The maximum absolute atomic E-state index is 12.6. The number of nitrogens with one attached hydrogen (secondary N) is 1. The second-order valence-corrected chi connectivity index (χ2v) is 18.8. The van der Waals surface area contributed by atoms with Gasteiger partial charge in [-0.05, 0) is 40.4 Å². The summed E-state index contributed by atoms with van der Waals surface area (Å²) in [5.41, 5.74) is -1.08. The van der Waals surface area contributed by atoms with Crippen LogP contribution in [-0.4, -0.2) is 34.5 Å². The molecular formula is C26H22N2O17P4S-4. The maximum atomic E-state index is 12.6. The van der Waals surface area contributed by atoms with E-state index in [1.54, 1.807) is 12.1 Å². The molecule has 0 aliphatic carbocycles. The second kappa shape index (κ2) is 14.5. The van der Waals surface area contributed by atoms with Gasteiger partial charge in [0.25, 0.3) is 29.0 Å². The van der Waals surface area contributed by atoms with Crippen LogP contribution in [0.3, 0.4) is 0 Å². The van der Waals surface area contributed by atoms with Crippen molar-refractivity contribution in [3.63, 3.8) is 0 Å². The van der Waals surface area contributed by atoms with Crippen molar-refractivity contribution in [1.29, 1.82) is 0 Å². The molecule has 0 spiro atoms. The van der Waals surface area contributed by atoms with E-state index in [-0.39, 0.29) is 16.3 Å². The number of phosphoric ester groups is 1. The molecule has 2 aliphatic heterocycles. The van der Waals surface area contributed by atoms with Crippen LogP contribution >= 0.6 is 41.6 Å². The van der Waals surface area contributed by atoms with Crippen LogP contribution in [-0.2, 0) is 49.9 Å². The zero-order valence-corrected chi connectivity index (χ0v) is 29.2. The average Bonchev–Trinajstić information content (AvgIpc) is 3.58. The van der Waals surface area contributed by atoms with E-state index in [0.717, 1.165) is 27.6 Å². The third kappa shape index (κ3) is 9.07. The molecular weight excluding hydrogens is 768 g/mol. The number of hydrogen-bond acceptors (Lipinski definition) is 18. The highest BCUT2D eigenvalue weighted by Gasteiger charge is 2.54. The van der Waals surface area contributed by atoms with Gasteiger partial charge in [0.2, 0.25) is 6.80 Å². The summed E-state index contributed by atoms with van der Waals surface area (Å²) in [7, 11) is -18.7. The largest absolute Gasteiger partial charge is 0.770 e. The minimum Gasteiger partial charge on any atom is -0.770 e. The monoisotopic (exact) mass is 790 g/mol. The van der Waals surface area contributed by atoms with Gasteiger partial charge in [-0.15, -0.1) is 0 Å². The first kappa shape index (κ1) is 37.2. The van der Waals surface area contributed by atoms with Gasteiger partial charge in [0.15, 0.2) is 12.5 Å². The fourth-order valence-electron chi connectivity index (χ4n) is 5.04. The first-order valence-corrected chi connectivity index (χ1v) is 21.4. The number of phosphoric acid groups is 3. The summed E-state index contributed by atoms with van der Waals surface area (Å²) in [6.45, 7) is -6.43. The van der Waals surface area contributed by atoms with Crippen LogP contribution in [0.25, 0.3) is 10.8 Å². The molecule has 4 aromatic rings. The molecule has 0 radical (unpaired) electrons. The number of hydrogen-bond donors (Lipinski definition) is 1. The summed E-state index contributed by atoms with van der Waals surface area (Å²) < 4.78 is 83.8. The van der Waals surface area contributed by atoms with E-state index in [1.165, 1.54) is 30.3 Å². The number of nitrogens with zero attached hydrogens (tertiary/aromatic N) is 1. The maximum Gasteiger partial charge on any atom is 0.330 e. The first-order chi connectivity index (χ1) is 23.5. The molecule has 2 aliphatic rings. The van der Waals surface area contributed by atoms with Gasteiger partial charge in [-0.1, -0.05) is 54.6 Å². The molecule has 0 saturated carbocycles. The predicted molar refractivity (Wildman–Crippen MR) is 164 cm³/mol. The van der Waals surface area contributed by atoms with Gasteiger partial charge >= 0.3 is 5.69 Å². The van der Waals surface area contributed by atoms with E-state index in [9.17, 15) is 47.4 Å². The molecule has 2 saturated heterocycles. The molecule has 3 aromatic carbocycles. The van der Waals surface area contributed by atoms with E-state index in [0.29, 0.717) is 5.56 Å². The Morgan fingerprint density at radius 1 is 0.740 bits per heavy atom. The molecule has 3 heterocycles. The van der Waals surface area contributed by atoms with Crippen LogP contribution in [0.2, 0.25) is 0 Å². The summed E-state index contributed by atoms with van der Waals surface area (Å²) in [5.74, 6) is 0. The Morgan fingerprint density at radius 3 is 2.10 bits per heavy atom. The lowest BCUT2D eigenvalue weighted by atomic mass is 10.1. The van der Waals surface area contributed by atoms with Gasteiger partial charge in [0.05, 0.1) is 6.61 Å². The Labute approximate surface area is 284 Å². The van der Waals surface area contributed by atoms with Crippen molar-refractivity contribution in [2.75, 3.05) is 6.61 Å². The number of benzene rings is 3. The number of aromatic amines is 1. The average molecular weight is 790 g/mol. The van der Waals surface area contributed by atoms with Gasteiger partial charge in [-0.2, -0.15) is 0 Å². The minimum absolute atomic E-state index is 0.00844. The molecule has 2 fully saturated rings. The van der Waals surface area contributed by atoms with Gasteiger partial charge in [0, 0.05) is 22.7 Å². The smallest absolute Gasteiger partial charge is 0.330 e. The summed E-state index contributed by atoms with van der Waals surface area (Å²) in [4.78, 5) is 75.3. The molecule has 1 N–H and O–H groups in total. The SMILES string of the molecule is O=c1ccn([C@@H]2O[C@H](COP(=O)([O-])OP(=O)([O-])OP(=O)([O-])OP(=O)([O-])Sc3ccccc3)[C@@H]3OC(c4ccc5ccccc5c4)OC32)c(=O)[nH]1. The molecule has 0 amide bonds. The van der Waals surface area contributed by atoms with E-state index >= 15 is 0 Å². The normalized spacial score (nSPS) is 26.8. The highest BCUT2D eigenvalue weighted by Crippen LogP contribution is 2.70. The standard InChI is InChI=1S/C26H26N2O17P4S/c29-21-12-13-28(26(30)27-21)24-23-22(41-25(42-23)18-11-10-16-6-4-5-7-17(16)14-18)20(40-24)15-39-46(31,32)43-47(33,34)44-48(35,36)45-49(37,38)50-19-8-2-1-3-9-19/h1-14,20,22-25H,15H2,(H,31,32)(H,33,34)(H,35,36)(H,37,38)(H,27,29,30)/p-4/t20-,22+,23?,24-,25?/m1/s1. The Bertz CT molecular complexity index is 2200. The molecule has 19 nitrogen and oxygen atoms in total. The summed E-state index contributed by atoms with van der Waals surface area (Å²) in [5, 5.41) is 1.76. The van der Waals surface area contributed by atoms with Crippen LogP contribution < -0.4 is 30.8 Å².